The van der Waals surface area contributed by atoms with E-state index >= 15 is 0 Å². The zero-order chi connectivity index (χ0) is 23.9. The number of unbranched alkanes of at least 4 members (excludes halogenated alkanes) is 11. The van der Waals surface area contributed by atoms with E-state index in [0.717, 1.165) is 25.7 Å². The Bertz CT molecular complexity index is 532. The van der Waals surface area contributed by atoms with Crippen LogP contribution < -0.4 is 0 Å². The van der Waals surface area contributed by atoms with Crippen LogP contribution in [0.15, 0.2) is 24.3 Å². The average molecular weight is 449 g/mol. The topological polar surface area (TPSA) is 52.6 Å². The maximum atomic E-state index is 12.4. The minimum Gasteiger partial charge on any atom is -0.462 e. The minimum absolute atomic E-state index is 0.293. The van der Waals surface area contributed by atoms with Gasteiger partial charge in [0.05, 0.1) is 24.3 Å². The Hall–Kier alpha value is -1.84. The minimum atomic E-state index is -0.444. The number of benzene rings is 1. The van der Waals surface area contributed by atoms with Gasteiger partial charge in [-0.1, -0.05) is 117 Å². The van der Waals surface area contributed by atoms with Gasteiger partial charge in [-0.3, -0.25) is 0 Å². The van der Waals surface area contributed by atoms with Gasteiger partial charge in [0.15, 0.2) is 0 Å². The van der Waals surface area contributed by atoms with Crippen LogP contribution in [0.2, 0.25) is 0 Å². The van der Waals surface area contributed by atoms with Crippen LogP contribution in [0.1, 0.15) is 138 Å². The molecule has 0 amide bonds. The van der Waals surface area contributed by atoms with Gasteiger partial charge in [0.2, 0.25) is 0 Å². The average Bonchev–Trinajstić information content (AvgIpc) is 2.82. The van der Waals surface area contributed by atoms with Crippen molar-refractivity contribution in [1.29, 1.82) is 0 Å². The van der Waals surface area contributed by atoms with E-state index in [9.17, 15) is 9.59 Å². The van der Waals surface area contributed by atoms with E-state index in [2.05, 4.69) is 27.7 Å². The van der Waals surface area contributed by atoms with Gasteiger partial charge in [-0.05, 0) is 25.0 Å². The van der Waals surface area contributed by atoms with E-state index in [0.29, 0.717) is 24.3 Å². The fourth-order valence-corrected chi connectivity index (χ4v) is 3.09. The van der Waals surface area contributed by atoms with Crippen LogP contribution in [0.4, 0.5) is 0 Å². The fraction of sp³-hybridized carbons (Fsp3) is 0.714. The molecule has 0 unspecified atom stereocenters. The molecule has 0 saturated heterocycles. The van der Waals surface area contributed by atoms with Gasteiger partial charge in [0, 0.05) is 0 Å². The molecule has 0 aliphatic carbocycles. The quantitative estimate of drug-likeness (QED) is 0.177. The molecule has 0 aliphatic heterocycles. The van der Waals surface area contributed by atoms with Crippen LogP contribution in [0.25, 0.3) is 0 Å². The molecule has 0 saturated carbocycles. The predicted octanol–water partition coefficient (Wildman–Crippen LogP) is 8.53. The SMILES string of the molecule is CCCC.CCCCCCCCOC(=O)c1ccccc1C(=O)OCCCCCCCC. The molecule has 0 spiro atoms. The summed E-state index contributed by atoms with van der Waals surface area (Å²) in [6, 6.07) is 6.74. The maximum absolute atomic E-state index is 12.4. The lowest BCUT2D eigenvalue weighted by Crippen LogP contribution is -2.15. The van der Waals surface area contributed by atoms with Crippen molar-refractivity contribution in [3.8, 4) is 0 Å². The van der Waals surface area contributed by atoms with Crippen LogP contribution in [0, 0.1) is 0 Å². The number of hydrogen-bond acceptors (Lipinski definition) is 4. The summed E-state index contributed by atoms with van der Waals surface area (Å²) < 4.78 is 10.7. The maximum Gasteiger partial charge on any atom is 0.339 e. The molecule has 32 heavy (non-hydrogen) atoms. The van der Waals surface area contributed by atoms with Crippen LogP contribution >= 0.6 is 0 Å². The summed E-state index contributed by atoms with van der Waals surface area (Å²) in [5, 5.41) is 0. The molecule has 184 valence electrons. The van der Waals surface area contributed by atoms with Gasteiger partial charge in [0.1, 0.15) is 0 Å². The molecular weight excluding hydrogens is 400 g/mol. The number of ether oxygens (including phenoxy) is 2. The van der Waals surface area contributed by atoms with E-state index in [4.69, 9.17) is 9.47 Å². The second-order valence-corrected chi connectivity index (χ2v) is 8.35. The third-order valence-corrected chi connectivity index (χ3v) is 5.33. The molecule has 4 heteroatoms. The molecule has 0 N–H and O–H groups in total. The number of carbonyl (C=O) groups excluding carboxylic acids is 2. The Morgan fingerprint density at radius 2 is 0.875 bits per heavy atom. The highest BCUT2D eigenvalue weighted by Gasteiger charge is 2.18. The van der Waals surface area contributed by atoms with Gasteiger partial charge < -0.3 is 9.47 Å². The zero-order valence-corrected chi connectivity index (χ0v) is 21.3. The van der Waals surface area contributed by atoms with E-state index in [1.165, 1.54) is 64.2 Å². The van der Waals surface area contributed by atoms with Gasteiger partial charge >= 0.3 is 11.9 Å². The monoisotopic (exact) mass is 448 g/mol. The molecule has 0 radical (unpaired) electrons. The van der Waals surface area contributed by atoms with Gasteiger partial charge in [-0.25, -0.2) is 9.59 Å². The first kappa shape index (κ1) is 30.2. The molecule has 1 aromatic carbocycles. The number of carbonyl (C=O) groups is 2. The molecular formula is C28H48O4. The Morgan fingerprint density at radius 1 is 0.531 bits per heavy atom. The molecule has 0 aliphatic rings. The van der Waals surface area contributed by atoms with Crippen molar-refractivity contribution < 1.29 is 19.1 Å². The Labute approximate surface area is 197 Å². The highest BCUT2D eigenvalue weighted by molar-refractivity contribution is 6.03. The summed E-state index contributed by atoms with van der Waals surface area (Å²) in [6.07, 6.45) is 16.3. The van der Waals surface area contributed by atoms with Crippen molar-refractivity contribution in [2.24, 2.45) is 0 Å². The van der Waals surface area contributed by atoms with Crippen LogP contribution in [0.3, 0.4) is 0 Å². The van der Waals surface area contributed by atoms with Crippen LogP contribution in [-0.2, 0) is 9.47 Å². The molecule has 0 aromatic heterocycles. The van der Waals surface area contributed by atoms with Gasteiger partial charge in [-0.15, -0.1) is 0 Å². The van der Waals surface area contributed by atoms with Crippen molar-refractivity contribution in [3.63, 3.8) is 0 Å². The lowest BCUT2D eigenvalue weighted by molar-refractivity contribution is 0.0450. The lowest BCUT2D eigenvalue weighted by atomic mass is 10.1. The standard InChI is InChI=1S/C24H38O4.C4H10/c1-3-5-7-9-11-15-19-27-23(25)21-17-13-14-18-22(21)24(26)28-20-16-12-10-8-6-4-2;1-3-4-2/h13-14,17-18H,3-12,15-16,19-20H2,1-2H3;3-4H2,1-2H3. The Kier molecular flexibility index (Phi) is 21.1. The molecule has 1 aromatic rings. The van der Waals surface area contributed by atoms with Crippen molar-refractivity contribution in [1.82, 2.24) is 0 Å². The molecule has 0 atom stereocenters. The summed E-state index contributed by atoms with van der Waals surface area (Å²) in [4.78, 5) is 24.7. The fourth-order valence-electron chi connectivity index (χ4n) is 3.09. The Morgan fingerprint density at radius 3 is 1.22 bits per heavy atom. The number of rotatable bonds is 17. The summed E-state index contributed by atoms with van der Waals surface area (Å²) >= 11 is 0. The van der Waals surface area contributed by atoms with Crippen molar-refractivity contribution in [2.75, 3.05) is 13.2 Å². The normalized spacial score (nSPS) is 10.2. The van der Waals surface area contributed by atoms with Gasteiger partial charge in [-0.2, -0.15) is 0 Å². The first-order valence-corrected chi connectivity index (χ1v) is 13.0. The third-order valence-electron chi connectivity index (χ3n) is 5.33. The zero-order valence-electron chi connectivity index (χ0n) is 21.3. The summed E-state index contributed by atoms with van der Waals surface area (Å²) in [6.45, 7) is 9.54. The highest BCUT2D eigenvalue weighted by atomic mass is 16.5. The molecule has 0 heterocycles. The molecule has 1 rings (SSSR count). The van der Waals surface area contributed by atoms with E-state index in [1.54, 1.807) is 24.3 Å². The lowest BCUT2D eigenvalue weighted by Gasteiger charge is -2.10. The van der Waals surface area contributed by atoms with Crippen LogP contribution in [-0.4, -0.2) is 25.2 Å². The Balaban J connectivity index is 0.00000220. The van der Waals surface area contributed by atoms with E-state index in [-0.39, 0.29) is 0 Å². The van der Waals surface area contributed by atoms with E-state index < -0.39 is 11.9 Å². The molecule has 4 nitrogen and oxygen atoms in total. The molecule has 0 bridgehead atoms. The molecule has 0 fully saturated rings. The van der Waals surface area contributed by atoms with Crippen molar-refractivity contribution >= 4 is 11.9 Å². The predicted molar refractivity (Wildman–Crippen MR) is 134 cm³/mol. The van der Waals surface area contributed by atoms with E-state index in [1.807, 2.05) is 0 Å². The largest absolute Gasteiger partial charge is 0.462 e. The first-order valence-electron chi connectivity index (χ1n) is 13.0. The first-order chi connectivity index (χ1) is 15.6. The smallest absolute Gasteiger partial charge is 0.339 e. The van der Waals surface area contributed by atoms with Crippen molar-refractivity contribution in [2.45, 2.75) is 118 Å². The van der Waals surface area contributed by atoms with Crippen LogP contribution in [0.5, 0.6) is 0 Å². The number of hydrogen-bond donors (Lipinski definition) is 0. The third kappa shape index (κ3) is 15.9. The number of esters is 2. The highest BCUT2D eigenvalue weighted by Crippen LogP contribution is 2.14. The van der Waals surface area contributed by atoms with Gasteiger partial charge in [0.25, 0.3) is 0 Å². The second kappa shape index (κ2) is 22.4. The summed E-state index contributed by atoms with van der Waals surface area (Å²) in [5.74, 6) is -0.888. The van der Waals surface area contributed by atoms with Crippen molar-refractivity contribution in [3.05, 3.63) is 35.4 Å². The second-order valence-electron chi connectivity index (χ2n) is 8.35. The summed E-state index contributed by atoms with van der Waals surface area (Å²) in [7, 11) is 0. The summed E-state index contributed by atoms with van der Waals surface area (Å²) in [5.41, 5.74) is 0.586.